The zero-order chi connectivity index (χ0) is 24.8. The predicted octanol–water partition coefficient (Wildman–Crippen LogP) is 8.70. The van der Waals surface area contributed by atoms with E-state index in [0.717, 1.165) is 22.6 Å². The smallest absolute Gasteiger partial charge is 0.277 e. The van der Waals surface area contributed by atoms with E-state index in [1.807, 2.05) is 66.7 Å². The molecule has 6 rings (SSSR count). The lowest BCUT2D eigenvalue weighted by atomic mass is 9.96. The van der Waals surface area contributed by atoms with Crippen LogP contribution >= 0.6 is 0 Å². The number of anilines is 3. The van der Waals surface area contributed by atoms with Crippen LogP contribution in [0.3, 0.4) is 0 Å². The number of nitro groups is 1. The van der Waals surface area contributed by atoms with Crippen molar-refractivity contribution < 1.29 is 14.4 Å². The lowest BCUT2D eigenvalue weighted by Gasteiger charge is -2.38. The van der Waals surface area contributed by atoms with Gasteiger partial charge >= 0.3 is 0 Å². The molecule has 0 amide bonds. The van der Waals surface area contributed by atoms with Gasteiger partial charge in [0.15, 0.2) is 23.0 Å². The van der Waals surface area contributed by atoms with E-state index in [9.17, 15) is 10.1 Å². The molecule has 4 aromatic carbocycles. The number of fused-ring (bicyclic) bond motifs is 4. The Morgan fingerprint density at radius 1 is 0.833 bits per heavy atom. The number of nitro benzene ring substituents is 1. The van der Waals surface area contributed by atoms with Crippen LogP contribution in [0, 0.1) is 10.1 Å². The number of hydrogen-bond donors (Lipinski definition) is 0. The van der Waals surface area contributed by atoms with Crippen molar-refractivity contribution in [2.45, 2.75) is 0 Å². The number of nitrogens with zero attached hydrogens (tertiary/aromatic N) is 2. The maximum absolute atomic E-state index is 12.1. The van der Waals surface area contributed by atoms with Crippen LogP contribution in [0.15, 0.2) is 110 Å². The highest BCUT2D eigenvalue weighted by Crippen LogP contribution is 2.60. The Morgan fingerprint density at radius 3 is 2.00 bits per heavy atom. The van der Waals surface area contributed by atoms with Gasteiger partial charge in [0.25, 0.3) is 5.69 Å². The fourth-order valence-electron chi connectivity index (χ4n) is 4.69. The Morgan fingerprint density at radius 2 is 1.44 bits per heavy atom. The normalized spacial score (nSPS) is 12.9. The van der Waals surface area contributed by atoms with Crippen molar-refractivity contribution in [1.29, 1.82) is 0 Å². The molecule has 0 fully saturated rings. The molecule has 0 N–H and O–H groups in total. The average molecular weight is 473 g/mol. The SMILES string of the molecule is C=C/C=C(\C=C)c1ccc(-c2cc3c4c(c2)Oc2ccccc2N4c2ccccc2O3)c([N+](=O)[O-])c1. The highest BCUT2D eigenvalue weighted by molar-refractivity contribution is 5.95. The van der Waals surface area contributed by atoms with Crippen LogP contribution in [0.1, 0.15) is 5.56 Å². The number of rotatable bonds is 5. The van der Waals surface area contributed by atoms with E-state index in [1.54, 1.807) is 30.4 Å². The van der Waals surface area contributed by atoms with Gasteiger partial charge in [0.1, 0.15) is 5.69 Å². The van der Waals surface area contributed by atoms with Crippen molar-refractivity contribution in [2.75, 3.05) is 4.90 Å². The number of allylic oxidation sites excluding steroid dienone is 4. The quantitative estimate of drug-likeness (QED) is 0.143. The molecule has 0 aliphatic carbocycles. The van der Waals surface area contributed by atoms with Crippen molar-refractivity contribution in [2.24, 2.45) is 0 Å². The molecule has 6 nitrogen and oxygen atoms in total. The molecule has 0 spiro atoms. The third-order valence-electron chi connectivity index (χ3n) is 6.27. The summed E-state index contributed by atoms with van der Waals surface area (Å²) < 4.78 is 12.6. The minimum absolute atomic E-state index is 0.0271. The highest BCUT2D eigenvalue weighted by atomic mass is 16.6. The van der Waals surface area contributed by atoms with Crippen molar-refractivity contribution in [3.05, 3.63) is 126 Å². The second-order valence-corrected chi connectivity index (χ2v) is 8.35. The summed E-state index contributed by atoms with van der Waals surface area (Å²) in [6, 6.07) is 24.3. The van der Waals surface area contributed by atoms with E-state index in [-0.39, 0.29) is 10.6 Å². The molecule has 2 aliphatic rings. The van der Waals surface area contributed by atoms with Crippen LogP contribution in [-0.2, 0) is 0 Å². The molecular weight excluding hydrogens is 452 g/mol. The molecule has 36 heavy (non-hydrogen) atoms. The lowest BCUT2D eigenvalue weighted by Crippen LogP contribution is -2.20. The molecular formula is C30H20N2O4. The number of hydrogen-bond acceptors (Lipinski definition) is 5. The lowest BCUT2D eigenvalue weighted by molar-refractivity contribution is -0.384. The van der Waals surface area contributed by atoms with Crippen LogP contribution in [0.4, 0.5) is 22.7 Å². The average Bonchev–Trinajstić information content (AvgIpc) is 2.91. The minimum Gasteiger partial charge on any atom is -0.453 e. The maximum Gasteiger partial charge on any atom is 0.277 e. The van der Waals surface area contributed by atoms with Gasteiger partial charge in [-0.15, -0.1) is 0 Å². The van der Waals surface area contributed by atoms with Crippen molar-refractivity contribution in [3.8, 4) is 34.1 Å². The summed E-state index contributed by atoms with van der Waals surface area (Å²) in [4.78, 5) is 13.9. The molecule has 0 atom stereocenters. The predicted molar refractivity (Wildman–Crippen MR) is 142 cm³/mol. The fourth-order valence-corrected chi connectivity index (χ4v) is 4.69. The number of para-hydroxylation sites is 4. The fraction of sp³-hybridized carbons (Fsp3) is 0. The highest BCUT2D eigenvalue weighted by Gasteiger charge is 2.35. The third kappa shape index (κ3) is 3.27. The van der Waals surface area contributed by atoms with E-state index in [4.69, 9.17) is 9.47 Å². The van der Waals surface area contributed by atoms with E-state index >= 15 is 0 Å². The van der Waals surface area contributed by atoms with Crippen LogP contribution in [-0.4, -0.2) is 4.92 Å². The van der Waals surface area contributed by atoms with Crippen molar-refractivity contribution >= 4 is 28.3 Å². The Kier molecular flexibility index (Phi) is 4.93. The summed E-state index contributed by atoms with van der Waals surface area (Å²) in [6.45, 7) is 7.52. The van der Waals surface area contributed by atoms with Gasteiger partial charge in [-0.2, -0.15) is 0 Å². The van der Waals surface area contributed by atoms with E-state index < -0.39 is 0 Å². The second kappa shape index (κ2) is 8.29. The first-order chi connectivity index (χ1) is 17.6. The first-order valence-corrected chi connectivity index (χ1v) is 11.4. The van der Waals surface area contributed by atoms with Gasteiger partial charge in [-0.3, -0.25) is 15.0 Å². The van der Waals surface area contributed by atoms with Gasteiger partial charge in [0, 0.05) is 6.07 Å². The molecule has 174 valence electrons. The molecule has 0 saturated heterocycles. The number of benzene rings is 4. The summed E-state index contributed by atoms with van der Waals surface area (Å²) in [5.41, 5.74) is 5.04. The van der Waals surface area contributed by atoms with Gasteiger partial charge < -0.3 is 9.47 Å². The first-order valence-electron chi connectivity index (χ1n) is 11.4. The summed E-state index contributed by atoms with van der Waals surface area (Å²) in [7, 11) is 0. The van der Waals surface area contributed by atoms with E-state index in [1.165, 1.54) is 0 Å². The van der Waals surface area contributed by atoms with Crippen LogP contribution in [0.5, 0.6) is 23.0 Å². The van der Waals surface area contributed by atoms with Crippen LogP contribution < -0.4 is 14.4 Å². The van der Waals surface area contributed by atoms with Crippen molar-refractivity contribution in [3.63, 3.8) is 0 Å². The van der Waals surface area contributed by atoms with Crippen LogP contribution in [0.25, 0.3) is 16.7 Å². The van der Waals surface area contributed by atoms with E-state index in [2.05, 4.69) is 18.1 Å². The maximum atomic E-state index is 12.1. The molecule has 0 saturated carbocycles. The zero-order valence-electron chi connectivity index (χ0n) is 19.2. The third-order valence-corrected chi connectivity index (χ3v) is 6.27. The van der Waals surface area contributed by atoms with Gasteiger partial charge in [-0.05, 0) is 59.2 Å². The van der Waals surface area contributed by atoms with Crippen molar-refractivity contribution in [1.82, 2.24) is 0 Å². The molecule has 2 aliphatic heterocycles. The van der Waals surface area contributed by atoms with Gasteiger partial charge in [0.05, 0.1) is 21.9 Å². The molecule has 6 heteroatoms. The largest absolute Gasteiger partial charge is 0.453 e. The Labute approximate surface area is 207 Å². The topological polar surface area (TPSA) is 64.8 Å². The Hall–Kier alpha value is -5.10. The standard InChI is InChI=1S/C30H20N2O4/c1-3-9-19(4-2)20-14-15-22(25(16-20)32(33)34)21-17-28-30-29(18-21)36-27-13-8-6-11-24(27)31(30)23-10-5-7-12-26(23)35-28/h3-18H,1-2H2/b19-9+. The molecule has 0 bridgehead atoms. The van der Waals surface area contributed by atoms with Crippen LogP contribution in [0.2, 0.25) is 0 Å². The Bertz CT molecular complexity index is 1550. The zero-order valence-corrected chi connectivity index (χ0v) is 19.2. The summed E-state index contributed by atoms with van der Waals surface area (Å²) in [6.07, 6.45) is 5.04. The van der Waals surface area contributed by atoms with E-state index in [0.29, 0.717) is 39.7 Å². The molecule has 0 aromatic heterocycles. The molecule has 0 unspecified atom stereocenters. The Balaban J connectivity index is 1.56. The first kappa shape index (κ1) is 21.4. The van der Waals surface area contributed by atoms with Gasteiger partial charge in [-0.1, -0.05) is 61.7 Å². The minimum atomic E-state index is -0.378. The second-order valence-electron chi connectivity index (χ2n) is 8.35. The summed E-state index contributed by atoms with van der Waals surface area (Å²) >= 11 is 0. The van der Waals surface area contributed by atoms with Gasteiger partial charge in [0.2, 0.25) is 0 Å². The molecule has 0 radical (unpaired) electrons. The van der Waals surface area contributed by atoms with Gasteiger partial charge in [-0.25, -0.2) is 0 Å². The summed E-state index contributed by atoms with van der Waals surface area (Å²) in [5.74, 6) is 2.51. The molecule has 2 heterocycles. The summed E-state index contributed by atoms with van der Waals surface area (Å²) in [5, 5.41) is 12.1. The monoisotopic (exact) mass is 472 g/mol. The number of ether oxygens (including phenoxy) is 2. The molecule has 4 aromatic rings.